The molecule has 0 heterocycles. The monoisotopic (exact) mass is 218 g/mol. The van der Waals surface area contributed by atoms with Gasteiger partial charge in [0.1, 0.15) is 0 Å². The SMILES string of the molecule is CC(=O)OC(c1ccccc1)C(F)(F)F. The zero-order chi connectivity index (χ0) is 11.5. The number of carbonyl (C=O) groups excluding carboxylic acids is 1. The van der Waals surface area contributed by atoms with E-state index in [4.69, 9.17) is 0 Å². The second-order valence-corrected chi connectivity index (χ2v) is 2.94. The topological polar surface area (TPSA) is 26.3 Å². The van der Waals surface area contributed by atoms with Crippen LogP contribution < -0.4 is 0 Å². The minimum atomic E-state index is -4.59. The predicted molar refractivity (Wildman–Crippen MR) is 47.0 cm³/mol. The van der Waals surface area contributed by atoms with Gasteiger partial charge in [-0.1, -0.05) is 30.3 Å². The van der Waals surface area contributed by atoms with E-state index in [9.17, 15) is 18.0 Å². The van der Waals surface area contributed by atoms with Crippen LogP contribution in [0.4, 0.5) is 13.2 Å². The maximum atomic E-state index is 12.5. The maximum Gasteiger partial charge on any atom is 0.429 e. The predicted octanol–water partition coefficient (Wildman–Crippen LogP) is 2.85. The Labute approximate surface area is 84.7 Å². The summed E-state index contributed by atoms with van der Waals surface area (Å²) in [5.41, 5.74) is -0.0831. The highest BCUT2D eigenvalue weighted by Crippen LogP contribution is 2.35. The molecule has 5 heteroatoms. The van der Waals surface area contributed by atoms with Gasteiger partial charge in [-0.2, -0.15) is 13.2 Å². The molecule has 0 saturated carbocycles. The fraction of sp³-hybridized carbons (Fsp3) is 0.300. The highest BCUT2D eigenvalue weighted by Gasteiger charge is 2.43. The lowest BCUT2D eigenvalue weighted by Gasteiger charge is -2.20. The molecule has 0 saturated heterocycles. The highest BCUT2D eigenvalue weighted by molar-refractivity contribution is 5.66. The molecular formula is C10H9F3O2. The van der Waals surface area contributed by atoms with Gasteiger partial charge >= 0.3 is 12.1 Å². The van der Waals surface area contributed by atoms with Crippen LogP contribution in [0.25, 0.3) is 0 Å². The van der Waals surface area contributed by atoms with Gasteiger partial charge in [0.05, 0.1) is 0 Å². The van der Waals surface area contributed by atoms with Crippen molar-refractivity contribution in [3.63, 3.8) is 0 Å². The molecule has 1 aromatic carbocycles. The summed E-state index contributed by atoms with van der Waals surface area (Å²) in [6.07, 6.45) is -6.77. The Bertz CT molecular complexity index is 332. The van der Waals surface area contributed by atoms with Crippen molar-refractivity contribution in [1.29, 1.82) is 0 Å². The first kappa shape index (κ1) is 11.6. The first-order chi connectivity index (χ1) is 6.91. The minimum Gasteiger partial charge on any atom is -0.448 e. The van der Waals surface area contributed by atoms with Gasteiger partial charge in [-0.3, -0.25) is 4.79 Å². The summed E-state index contributed by atoms with van der Waals surface area (Å²) < 4.78 is 41.7. The Kier molecular flexibility index (Phi) is 3.34. The summed E-state index contributed by atoms with van der Waals surface area (Å²) >= 11 is 0. The Hall–Kier alpha value is -1.52. The zero-order valence-corrected chi connectivity index (χ0v) is 7.91. The summed E-state index contributed by atoms with van der Waals surface area (Å²) in [5, 5.41) is 0. The number of alkyl halides is 3. The van der Waals surface area contributed by atoms with Crippen molar-refractivity contribution >= 4 is 5.97 Å². The highest BCUT2D eigenvalue weighted by atomic mass is 19.4. The van der Waals surface area contributed by atoms with E-state index in [2.05, 4.69) is 4.74 Å². The number of halogens is 3. The van der Waals surface area contributed by atoms with Crippen molar-refractivity contribution in [3.05, 3.63) is 35.9 Å². The number of hydrogen-bond acceptors (Lipinski definition) is 2. The number of esters is 1. The van der Waals surface area contributed by atoms with Crippen LogP contribution in [0.5, 0.6) is 0 Å². The lowest BCUT2D eigenvalue weighted by atomic mass is 10.1. The summed E-state index contributed by atoms with van der Waals surface area (Å²) in [6, 6.07) is 7.03. The van der Waals surface area contributed by atoms with Crippen LogP contribution in [-0.2, 0) is 9.53 Å². The molecule has 0 aliphatic heterocycles. The van der Waals surface area contributed by atoms with Gasteiger partial charge in [0.25, 0.3) is 0 Å². The molecule has 0 bridgehead atoms. The number of benzene rings is 1. The third kappa shape index (κ3) is 3.27. The van der Waals surface area contributed by atoms with E-state index in [1.165, 1.54) is 24.3 Å². The van der Waals surface area contributed by atoms with Gasteiger partial charge < -0.3 is 4.74 Å². The van der Waals surface area contributed by atoms with Crippen LogP contribution >= 0.6 is 0 Å². The summed E-state index contributed by atoms with van der Waals surface area (Å²) in [7, 11) is 0. The smallest absolute Gasteiger partial charge is 0.429 e. The molecule has 0 aromatic heterocycles. The van der Waals surface area contributed by atoms with Gasteiger partial charge in [0.15, 0.2) is 0 Å². The average Bonchev–Trinajstić information content (AvgIpc) is 2.14. The summed E-state index contributed by atoms with van der Waals surface area (Å²) in [6.45, 7) is 0.946. The number of hydrogen-bond donors (Lipinski definition) is 0. The normalized spacial score (nSPS) is 13.3. The number of carbonyl (C=O) groups is 1. The van der Waals surface area contributed by atoms with E-state index < -0.39 is 18.2 Å². The standard InChI is InChI=1S/C10H9F3O2/c1-7(14)15-9(10(11,12)13)8-5-3-2-4-6-8/h2-6,9H,1H3. The minimum absolute atomic E-state index is 0.0831. The number of rotatable bonds is 2. The van der Waals surface area contributed by atoms with Crippen LogP contribution in [0.2, 0.25) is 0 Å². The maximum absolute atomic E-state index is 12.5. The van der Waals surface area contributed by atoms with Crippen molar-refractivity contribution in [2.45, 2.75) is 19.2 Å². The molecule has 0 aliphatic rings. The third-order valence-corrected chi connectivity index (χ3v) is 1.68. The van der Waals surface area contributed by atoms with Crippen molar-refractivity contribution in [2.75, 3.05) is 0 Å². The molecular weight excluding hydrogens is 209 g/mol. The Morgan fingerprint density at radius 2 is 1.80 bits per heavy atom. The fourth-order valence-corrected chi connectivity index (χ4v) is 1.12. The van der Waals surface area contributed by atoms with E-state index in [1.54, 1.807) is 6.07 Å². The van der Waals surface area contributed by atoms with Crippen molar-refractivity contribution in [1.82, 2.24) is 0 Å². The molecule has 0 fully saturated rings. The molecule has 1 unspecified atom stereocenters. The lowest BCUT2D eigenvalue weighted by molar-refractivity contribution is -0.222. The molecule has 15 heavy (non-hydrogen) atoms. The van der Waals surface area contributed by atoms with Gasteiger partial charge in [0, 0.05) is 12.5 Å². The Morgan fingerprint density at radius 3 is 2.20 bits per heavy atom. The largest absolute Gasteiger partial charge is 0.448 e. The molecule has 0 N–H and O–H groups in total. The second kappa shape index (κ2) is 4.33. The molecule has 1 atom stereocenters. The number of ether oxygens (including phenoxy) is 1. The lowest BCUT2D eigenvalue weighted by Crippen LogP contribution is -2.25. The van der Waals surface area contributed by atoms with E-state index >= 15 is 0 Å². The van der Waals surface area contributed by atoms with Crippen molar-refractivity contribution in [3.8, 4) is 0 Å². The Morgan fingerprint density at radius 1 is 1.27 bits per heavy atom. The summed E-state index contributed by atoms with van der Waals surface area (Å²) in [5.74, 6) is -0.957. The van der Waals surface area contributed by atoms with E-state index in [1.807, 2.05) is 0 Å². The zero-order valence-electron chi connectivity index (χ0n) is 7.91. The summed E-state index contributed by atoms with van der Waals surface area (Å²) in [4.78, 5) is 10.6. The van der Waals surface area contributed by atoms with E-state index in [-0.39, 0.29) is 5.56 Å². The molecule has 0 aliphatic carbocycles. The van der Waals surface area contributed by atoms with Crippen LogP contribution in [0.3, 0.4) is 0 Å². The van der Waals surface area contributed by atoms with Crippen molar-refractivity contribution in [2.24, 2.45) is 0 Å². The van der Waals surface area contributed by atoms with Crippen LogP contribution in [0.15, 0.2) is 30.3 Å². The average molecular weight is 218 g/mol. The van der Waals surface area contributed by atoms with Crippen LogP contribution in [0, 0.1) is 0 Å². The first-order valence-electron chi connectivity index (χ1n) is 4.20. The quantitative estimate of drug-likeness (QED) is 0.713. The molecule has 2 nitrogen and oxygen atoms in total. The second-order valence-electron chi connectivity index (χ2n) is 2.94. The molecule has 0 spiro atoms. The van der Waals surface area contributed by atoms with Gasteiger partial charge in [-0.05, 0) is 0 Å². The Balaban J connectivity index is 2.97. The fourth-order valence-electron chi connectivity index (χ4n) is 1.12. The first-order valence-corrected chi connectivity index (χ1v) is 4.20. The van der Waals surface area contributed by atoms with Crippen LogP contribution in [-0.4, -0.2) is 12.1 Å². The van der Waals surface area contributed by atoms with E-state index in [0.29, 0.717) is 0 Å². The molecule has 0 radical (unpaired) electrons. The van der Waals surface area contributed by atoms with Gasteiger partial charge in [-0.25, -0.2) is 0 Å². The van der Waals surface area contributed by atoms with Crippen molar-refractivity contribution < 1.29 is 22.7 Å². The van der Waals surface area contributed by atoms with E-state index in [0.717, 1.165) is 6.92 Å². The van der Waals surface area contributed by atoms with Gasteiger partial charge in [-0.15, -0.1) is 0 Å². The third-order valence-electron chi connectivity index (χ3n) is 1.68. The van der Waals surface area contributed by atoms with Crippen LogP contribution in [0.1, 0.15) is 18.6 Å². The molecule has 1 aromatic rings. The molecule has 82 valence electrons. The van der Waals surface area contributed by atoms with Gasteiger partial charge in [0.2, 0.25) is 6.10 Å². The molecule has 0 amide bonds. The molecule has 1 rings (SSSR count).